The highest BCUT2D eigenvalue weighted by molar-refractivity contribution is 8.01. The van der Waals surface area contributed by atoms with E-state index in [1.165, 1.54) is 13.0 Å². The number of halogens is 2. The number of aromatic nitrogens is 2. The molecule has 4 aromatic rings. The number of fused-ring (bicyclic) bond motifs is 1. The summed E-state index contributed by atoms with van der Waals surface area (Å²) in [6.45, 7) is 4.94. The Bertz CT molecular complexity index is 1380. The molecule has 2 aromatic heterocycles. The summed E-state index contributed by atoms with van der Waals surface area (Å²) in [5, 5.41) is 0.655. The highest BCUT2D eigenvalue weighted by Gasteiger charge is 2.38. The Morgan fingerprint density at radius 1 is 1.28 bits per heavy atom. The molecule has 166 valence electrons. The number of ether oxygens (including phenoxy) is 1. The van der Waals surface area contributed by atoms with Crippen molar-refractivity contribution in [3.8, 4) is 11.6 Å². The quantitative estimate of drug-likeness (QED) is 0.266. The van der Waals surface area contributed by atoms with Crippen molar-refractivity contribution in [2.75, 3.05) is 0 Å². The summed E-state index contributed by atoms with van der Waals surface area (Å²) >= 11 is 7.05. The summed E-state index contributed by atoms with van der Waals surface area (Å²) in [4.78, 5) is 28.9. The van der Waals surface area contributed by atoms with Crippen LogP contribution in [0.15, 0.2) is 61.2 Å². The summed E-state index contributed by atoms with van der Waals surface area (Å²) in [5.74, 6) is -2.39. The minimum atomic E-state index is -1.13. The van der Waals surface area contributed by atoms with Gasteiger partial charge >= 0.3 is 17.7 Å². The molecule has 4 rings (SSSR count). The zero-order valence-corrected chi connectivity index (χ0v) is 18.9. The number of imidazole rings is 1. The van der Waals surface area contributed by atoms with E-state index in [2.05, 4.69) is 4.98 Å². The van der Waals surface area contributed by atoms with Gasteiger partial charge in [-0.1, -0.05) is 42.4 Å². The van der Waals surface area contributed by atoms with Crippen molar-refractivity contribution in [2.45, 2.75) is 37.1 Å². The zero-order valence-electron chi connectivity index (χ0n) is 17.3. The van der Waals surface area contributed by atoms with Crippen LogP contribution in [0.3, 0.4) is 0 Å². The van der Waals surface area contributed by atoms with Crippen LogP contribution in [-0.2, 0) is 4.79 Å². The number of carbonyl (C=O) groups excluding carboxylic acids is 1. The first-order chi connectivity index (χ1) is 15.2. The smallest absolute Gasteiger partial charge is 0.392 e. The molecule has 0 fully saturated rings. The maximum absolute atomic E-state index is 14.8. The minimum absolute atomic E-state index is 0.0577. The molecule has 1 atom stereocenters. The van der Waals surface area contributed by atoms with Gasteiger partial charge < -0.3 is 13.6 Å². The number of nitrogens with zero attached hydrogens (tertiary/aromatic N) is 2. The van der Waals surface area contributed by atoms with Gasteiger partial charge in [0.15, 0.2) is 10.9 Å². The lowest BCUT2D eigenvalue weighted by Crippen LogP contribution is -2.35. The van der Waals surface area contributed by atoms with Crippen molar-refractivity contribution in [3.63, 3.8) is 0 Å². The third kappa shape index (κ3) is 4.05. The molecule has 7 nitrogen and oxygen atoms in total. The number of carbonyl (C=O) groups is 1. The minimum Gasteiger partial charge on any atom is -0.392 e. The summed E-state index contributed by atoms with van der Waals surface area (Å²) in [5.41, 5.74) is 1.54. The number of para-hydroxylation sites is 2. The fourth-order valence-electron chi connectivity index (χ4n) is 3.05. The molecule has 0 saturated heterocycles. The van der Waals surface area contributed by atoms with E-state index in [0.717, 1.165) is 11.8 Å². The highest BCUT2D eigenvalue weighted by atomic mass is 35.5. The maximum atomic E-state index is 14.8. The fraction of sp³-hybridized carbons (Fsp3) is 0.227. The van der Waals surface area contributed by atoms with E-state index < -0.39 is 22.4 Å². The van der Waals surface area contributed by atoms with Crippen LogP contribution < -0.4 is 10.6 Å². The lowest BCUT2D eigenvalue weighted by molar-refractivity contribution is -0.138. The lowest BCUT2D eigenvalue weighted by atomic mass is 10.1. The second kappa shape index (κ2) is 8.48. The fourth-order valence-corrected chi connectivity index (χ4v) is 4.31. The summed E-state index contributed by atoms with van der Waals surface area (Å²) in [7, 11) is 0. The molecule has 0 aliphatic rings. The number of thioether (sulfide) groups is 1. The monoisotopic (exact) mass is 476 g/mol. The van der Waals surface area contributed by atoms with Gasteiger partial charge in [-0.25, -0.2) is 14.2 Å². The van der Waals surface area contributed by atoms with Gasteiger partial charge in [0.25, 0.3) is 0 Å². The van der Waals surface area contributed by atoms with Crippen molar-refractivity contribution < 1.29 is 22.8 Å². The molecular formula is C22H18ClFN2O5S. The van der Waals surface area contributed by atoms with E-state index in [0.29, 0.717) is 22.6 Å². The maximum Gasteiger partial charge on any atom is 0.521 e. The van der Waals surface area contributed by atoms with E-state index in [-0.39, 0.29) is 22.4 Å². The number of esters is 1. The Balaban J connectivity index is 1.77. The molecule has 2 heterocycles. The van der Waals surface area contributed by atoms with Gasteiger partial charge in [0.1, 0.15) is 10.6 Å². The molecule has 0 saturated carbocycles. The normalized spacial score (nSPS) is 13.3. The third-order valence-corrected chi connectivity index (χ3v) is 6.59. The molecule has 0 radical (unpaired) electrons. The van der Waals surface area contributed by atoms with Crippen LogP contribution in [0.25, 0.3) is 16.7 Å². The molecule has 32 heavy (non-hydrogen) atoms. The Labute approximate surface area is 191 Å². The first-order valence-corrected chi connectivity index (χ1v) is 10.9. The van der Waals surface area contributed by atoms with Crippen molar-refractivity contribution in [3.05, 3.63) is 69.7 Å². The molecule has 0 aliphatic carbocycles. The standard InChI is InChI=1S/C22H18ClFN2O5S/c1-4-22(3,19(27)30-18-12(2)29-21(28)31-18)32-20-25-15-7-5-6-8-17(15)26(20)16-10-9-13(23)11-14(16)24/h5-11H,4H2,1-3H3. The molecule has 10 heteroatoms. The van der Waals surface area contributed by atoms with Crippen molar-refractivity contribution in [1.29, 1.82) is 0 Å². The van der Waals surface area contributed by atoms with E-state index in [4.69, 9.17) is 25.2 Å². The first-order valence-electron chi connectivity index (χ1n) is 9.66. The molecule has 0 amide bonds. The van der Waals surface area contributed by atoms with Gasteiger partial charge in [0.2, 0.25) is 0 Å². The summed E-state index contributed by atoms with van der Waals surface area (Å²) < 4.78 is 30.2. The van der Waals surface area contributed by atoms with Crippen LogP contribution in [0.1, 0.15) is 26.0 Å². The zero-order chi connectivity index (χ0) is 23.0. The van der Waals surface area contributed by atoms with Crippen LogP contribution >= 0.6 is 23.4 Å². The Hall–Kier alpha value is -3.04. The third-order valence-electron chi connectivity index (χ3n) is 4.99. The Morgan fingerprint density at radius 2 is 2.03 bits per heavy atom. The lowest BCUT2D eigenvalue weighted by Gasteiger charge is -2.24. The van der Waals surface area contributed by atoms with Crippen molar-refractivity contribution >= 4 is 40.4 Å². The molecule has 1 unspecified atom stereocenters. The second-order valence-corrected chi connectivity index (χ2v) is 9.09. The van der Waals surface area contributed by atoms with Crippen LogP contribution in [0.5, 0.6) is 5.95 Å². The predicted molar refractivity (Wildman–Crippen MR) is 118 cm³/mol. The molecule has 0 bridgehead atoms. The van der Waals surface area contributed by atoms with Gasteiger partial charge in [0, 0.05) is 11.9 Å². The van der Waals surface area contributed by atoms with Gasteiger partial charge in [-0.2, -0.15) is 0 Å². The van der Waals surface area contributed by atoms with Gasteiger partial charge in [-0.15, -0.1) is 0 Å². The van der Waals surface area contributed by atoms with Crippen molar-refractivity contribution in [2.24, 2.45) is 0 Å². The van der Waals surface area contributed by atoms with E-state index >= 15 is 0 Å². The predicted octanol–water partition coefficient (Wildman–Crippen LogP) is 5.54. The number of aryl methyl sites for hydroxylation is 1. The molecule has 0 N–H and O–H groups in total. The van der Waals surface area contributed by atoms with Crippen LogP contribution in [-0.4, -0.2) is 20.3 Å². The Morgan fingerprint density at radius 3 is 2.69 bits per heavy atom. The molecule has 2 aromatic carbocycles. The molecular weight excluding hydrogens is 459 g/mol. The number of rotatable bonds is 6. The van der Waals surface area contributed by atoms with Crippen LogP contribution in [0, 0.1) is 12.7 Å². The first kappa shape index (κ1) is 22.2. The topological polar surface area (TPSA) is 87.5 Å². The van der Waals surface area contributed by atoms with Crippen LogP contribution in [0.4, 0.5) is 4.39 Å². The SMILES string of the molecule is CCC(C)(Sc1nc2ccccc2n1-c1ccc(Cl)cc1F)C(=O)Oc1oc(=O)oc1C. The van der Waals surface area contributed by atoms with E-state index in [1.54, 1.807) is 29.7 Å². The molecule has 0 spiro atoms. The summed E-state index contributed by atoms with van der Waals surface area (Å²) in [6.07, 6.45) is 0.351. The average molecular weight is 477 g/mol. The highest BCUT2D eigenvalue weighted by Crippen LogP contribution is 2.40. The van der Waals surface area contributed by atoms with E-state index in [9.17, 15) is 14.0 Å². The van der Waals surface area contributed by atoms with E-state index in [1.807, 2.05) is 25.1 Å². The van der Waals surface area contributed by atoms with Gasteiger partial charge in [0.05, 0.1) is 16.7 Å². The van der Waals surface area contributed by atoms with Crippen molar-refractivity contribution in [1.82, 2.24) is 9.55 Å². The average Bonchev–Trinajstić information content (AvgIpc) is 3.26. The Kier molecular flexibility index (Phi) is 5.87. The number of hydrogen-bond donors (Lipinski definition) is 0. The largest absolute Gasteiger partial charge is 0.521 e. The van der Waals surface area contributed by atoms with Gasteiger partial charge in [-0.3, -0.25) is 9.36 Å². The second-order valence-electron chi connectivity index (χ2n) is 7.19. The number of hydrogen-bond acceptors (Lipinski definition) is 7. The summed E-state index contributed by atoms with van der Waals surface area (Å²) in [6, 6.07) is 11.6. The molecule has 0 aliphatic heterocycles. The van der Waals surface area contributed by atoms with Crippen LogP contribution in [0.2, 0.25) is 5.02 Å². The van der Waals surface area contributed by atoms with Gasteiger partial charge in [-0.05, 0) is 43.7 Å². The number of benzene rings is 2.